The molecule has 2 fully saturated rings. The molecular formula is C16H22ClNO. The summed E-state index contributed by atoms with van der Waals surface area (Å²) in [6.07, 6.45) is 5.62. The van der Waals surface area contributed by atoms with Gasteiger partial charge in [0.1, 0.15) is 5.75 Å². The number of ether oxygens (including phenoxy) is 1. The van der Waals surface area contributed by atoms with Crippen LogP contribution in [0.15, 0.2) is 18.2 Å². The molecule has 0 heterocycles. The summed E-state index contributed by atoms with van der Waals surface area (Å²) in [5, 5.41) is 0.722. The van der Waals surface area contributed by atoms with Crippen LogP contribution in [-0.2, 0) is 0 Å². The lowest BCUT2D eigenvalue weighted by atomic mass is 9.89. The molecule has 104 valence electrons. The lowest BCUT2D eigenvalue weighted by Crippen LogP contribution is -2.19. The minimum atomic E-state index is -0.0475. The van der Waals surface area contributed by atoms with E-state index in [4.69, 9.17) is 22.1 Å². The van der Waals surface area contributed by atoms with Crippen LogP contribution in [0, 0.1) is 17.8 Å². The van der Waals surface area contributed by atoms with E-state index in [1.54, 1.807) is 0 Å². The summed E-state index contributed by atoms with van der Waals surface area (Å²) in [6, 6.07) is 5.70. The molecule has 1 aromatic carbocycles. The zero-order valence-corrected chi connectivity index (χ0v) is 12.2. The predicted octanol–water partition coefficient (Wildman–Crippen LogP) is 4.17. The first-order chi connectivity index (χ1) is 9.13. The van der Waals surface area contributed by atoms with Gasteiger partial charge in [0.15, 0.2) is 0 Å². The monoisotopic (exact) mass is 279 g/mol. The molecular weight excluding hydrogens is 258 g/mol. The average molecular weight is 280 g/mol. The average Bonchev–Trinajstić information content (AvgIpc) is 2.99. The topological polar surface area (TPSA) is 35.2 Å². The zero-order chi connectivity index (χ0) is 13.4. The lowest BCUT2D eigenvalue weighted by Gasteiger charge is -2.23. The normalized spacial score (nSPS) is 30.6. The van der Waals surface area contributed by atoms with Gasteiger partial charge < -0.3 is 10.5 Å². The van der Waals surface area contributed by atoms with Crippen molar-refractivity contribution < 1.29 is 4.74 Å². The highest BCUT2D eigenvalue weighted by atomic mass is 35.5. The Morgan fingerprint density at radius 2 is 2.21 bits per heavy atom. The molecule has 1 aromatic rings. The van der Waals surface area contributed by atoms with Gasteiger partial charge in [-0.3, -0.25) is 0 Å². The van der Waals surface area contributed by atoms with E-state index >= 15 is 0 Å². The smallest absolute Gasteiger partial charge is 0.124 e. The molecule has 0 spiro atoms. The van der Waals surface area contributed by atoms with Crippen LogP contribution in [0.2, 0.25) is 5.02 Å². The third-order valence-electron chi connectivity index (χ3n) is 4.80. The van der Waals surface area contributed by atoms with Crippen LogP contribution in [0.1, 0.15) is 44.2 Å². The minimum Gasteiger partial charge on any atom is -0.493 e. The first kappa shape index (κ1) is 13.3. The Balaban J connectivity index is 1.66. The third-order valence-corrected chi connectivity index (χ3v) is 5.03. The van der Waals surface area contributed by atoms with E-state index in [1.807, 2.05) is 25.1 Å². The van der Waals surface area contributed by atoms with E-state index in [-0.39, 0.29) is 6.04 Å². The Morgan fingerprint density at radius 3 is 2.84 bits per heavy atom. The fourth-order valence-corrected chi connectivity index (χ4v) is 3.96. The molecule has 2 saturated carbocycles. The largest absolute Gasteiger partial charge is 0.493 e. The maximum atomic E-state index is 6.05. The quantitative estimate of drug-likeness (QED) is 0.897. The van der Waals surface area contributed by atoms with E-state index < -0.39 is 0 Å². The molecule has 0 saturated heterocycles. The fraction of sp³-hybridized carbons (Fsp3) is 0.625. The van der Waals surface area contributed by atoms with Crippen molar-refractivity contribution >= 4 is 11.6 Å². The highest BCUT2D eigenvalue weighted by molar-refractivity contribution is 6.30. The molecule has 0 aliphatic heterocycles. The molecule has 19 heavy (non-hydrogen) atoms. The molecule has 2 aliphatic carbocycles. The summed E-state index contributed by atoms with van der Waals surface area (Å²) >= 11 is 6.03. The van der Waals surface area contributed by atoms with Gasteiger partial charge in [-0.05, 0) is 62.1 Å². The van der Waals surface area contributed by atoms with Crippen LogP contribution in [0.4, 0.5) is 0 Å². The van der Waals surface area contributed by atoms with Crippen molar-refractivity contribution in [3.8, 4) is 5.75 Å². The third kappa shape index (κ3) is 2.75. The minimum absolute atomic E-state index is 0.0475. The molecule has 3 unspecified atom stereocenters. The Bertz CT molecular complexity index is 460. The van der Waals surface area contributed by atoms with Crippen molar-refractivity contribution in [2.75, 3.05) is 6.61 Å². The van der Waals surface area contributed by atoms with Crippen molar-refractivity contribution in [1.82, 2.24) is 0 Å². The molecule has 0 radical (unpaired) electrons. The molecule has 4 atom stereocenters. The Hall–Kier alpha value is -0.730. The van der Waals surface area contributed by atoms with Gasteiger partial charge in [0.25, 0.3) is 0 Å². The standard InChI is InChI=1S/C16H22ClNO/c1-10(18)15-8-14(17)4-5-16(15)19-9-13-7-11-2-3-12(13)6-11/h4-5,8,10-13H,2-3,6-7,9,18H2,1H3/t10-,11?,12?,13?/m0/s1. The van der Waals surface area contributed by atoms with E-state index in [0.717, 1.165) is 40.7 Å². The Morgan fingerprint density at radius 1 is 1.37 bits per heavy atom. The van der Waals surface area contributed by atoms with E-state index in [9.17, 15) is 0 Å². The van der Waals surface area contributed by atoms with Gasteiger partial charge >= 0.3 is 0 Å². The van der Waals surface area contributed by atoms with Crippen molar-refractivity contribution in [1.29, 1.82) is 0 Å². The first-order valence-corrected chi connectivity index (χ1v) is 7.69. The SMILES string of the molecule is C[C@H](N)c1cc(Cl)ccc1OCC1CC2CCC1C2. The number of nitrogens with two attached hydrogens (primary N) is 1. The molecule has 0 amide bonds. The van der Waals surface area contributed by atoms with Gasteiger partial charge in [-0.2, -0.15) is 0 Å². The van der Waals surface area contributed by atoms with E-state index in [0.29, 0.717) is 0 Å². The van der Waals surface area contributed by atoms with Crippen LogP contribution >= 0.6 is 11.6 Å². The molecule has 3 rings (SSSR count). The lowest BCUT2D eigenvalue weighted by molar-refractivity contribution is 0.193. The molecule has 2 bridgehead atoms. The zero-order valence-electron chi connectivity index (χ0n) is 11.4. The Labute approximate surface area is 120 Å². The summed E-state index contributed by atoms with van der Waals surface area (Å²) in [7, 11) is 0. The highest BCUT2D eigenvalue weighted by Crippen LogP contribution is 2.48. The summed E-state index contributed by atoms with van der Waals surface area (Å²) in [6.45, 7) is 2.80. The summed E-state index contributed by atoms with van der Waals surface area (Å²) in [4.78, 5) is 0. The summed E-state index contributed by atoms with van der Waals surface area (Å²) in [5.74, 6) is 3.52. The van der Waals surface area contributed by atoms with Gasteiger partial charge in [-0.1, -0.05) is 18.0 Å². The maximum Gasteiger partial charge on any atom is 0.124 e. The fourth-order valence-electron chi connectivity index (χ4n) is 3.78. The molecule has 2 aliphatic rings. The van der Waals surface area contributed by atoms with Gasteiger partial charge in [0, 0.05) is 16.6 Å². The number of halogens is 1. The molecule has 3 heteroatoms. The maximum absolute atomic E-state index is 6.05. The molecule has 2 nitrogen and oxygen atoms in total. The van der Waals surface area contributed by atoms with Crippen LogP contribution in [0.5, 0.6) is 5.75 Å². The van der Waals surface area contributed by atoms with Crippen LogP contribution in [-0.4, -0.2) is 6.61 Å². The number of hydrogen-bond acceptors (Lipinski definition) is 2. The number of fused-ring (bicyclic) bond motifs is 2. The Kier molecular flexibility index (Phi) is 3.72. The van der Waals surface area contributed by atoms with Crippen molar-refractivity contribution in [2.24, 2.45) is 23.5 Å². The second-order valence-electron chi connectivity index (χ2n) is 6.22. The summed E-state index contributed by atoms with van der Waals surface area (Å²) in [5.41, 5.74) is 7.00. The number of benzene rings is 1. The van der Waals surface area contributed by atoms with Gasteiger partial charge in [0.05, 0.1) is 6.61 Å². The molecule has 0 aromatic heterocycles. The second-order valence-corrected chi connectivity index (χ2v) is 6.65. The second kappa shape index (κ2) is 5.34. The first-order valence-electron chi connectivity index (χ1n) is 7.31. The van der Waals surface area contributed by atoms with Crippen molar-refractivity contribution in [3.05, 3.63) is 28.8 Å². The molecule has 2 N–H and O–H groups in total. The van der Waals surface area contributed by atoms with Crippen molar-refractivity contribution in [3.63, 3.8) is 0 Å². The van der Waals surface area contributed by atoms with Gasteiger partial charge in [-0.15, -0.1) is 0 Å². The van der Waals surface area contributed by atoms with E-state index in [2.05, 4.69) is 0 Å². The van der Waals surface area contributed by atoms with Crippen LogP contribution in [0.3, 0.4) is 0 Å². The van der Waals surface area contributed by atoms with E-state index in [1.165, 1.54) is 25.7 Å². The van der Waals surface area contributed by atoms with Gasteiger partial charge in [0.2, 0.25) is 0 Å². The highest BCUT2D eigenvalue weighted by Gasteiger charge is 2.39. The number of hydrogen-bond donors (Lipinski definition) is 1. The number of rotatable bonds is 4. The van der Waals surface area contributed by atoms with Crippen LogP contribution < -0.4 is 10.5 Å². The predicted molar refractivity (Wildman–Crippen MR) is 78.5 cm³/mol. The summed E-state index contributed by atoms with van der Waals surface area (Å²) < 4.78 is 6.05. The van der Waals surface area contributed by atoms with Gasteiger partial charge in [-0.25, -0.2) is 0 Å². The van der Waals surface area contributed by atoms with Crippen molar-refractivity contribution in [2.45, 2.75) is 38.6 Å². The van der Waals surface area contributed by atoms with Crippen LogP contribution in [0.25, 0.3) is 0 Å².